The fourth-order valence-electron chi connectivity index (χ4n) is 1.89. The summed E-state index contributed by atoms with van der Waals surface area (Å²) < 4.78 is 5.28. The number of ether oxygens (including phenoxy) is 1. The Morgan fingerprint density at radius 3 is 2.20 bits per heavy atom. The first-order valence-electron chi connectivity index (χ1n) is 5.13. The molecule has 0 aromatic carbocycles. The largest absolute Gasteiger partial charge is 0.456 e. The van der Waals surface area contributed by atoms with E-state index in [9.17, 15) is 9.59 Å². The minimum atomic E-state index is -1.03. The predicted octanol–water partition coefficient (Wildman–Crippen LogP) is 2.11. The van der Waals surface area contributed by atoms with Crippen LogP contribution < -0.4 is 0 Å². The molecule has 1 aliphatic heterocycles. The van der Waals surface area contributed by atoms with Gasteiger partial charge in [-0.2, -0.15) is 0 Å². The molecule has 1 heterocycles. The van der Waals surface area contributed by atoms with E-state index in [-0.39, 0.29) is 5.78 Å². The molecule has 1 aliphatic rings. The van der Waals surface area contributed by atoms with Crippen LogP contribution in [0, 0.1) is 10.8 Å². The van der Waals surface area contributed by atoms with E-state index in [0.29, 0.717) is 0 Å². The number of hydrogen-bond acceptors (Lipinski definition) is 3. The molecule has 0 amide bonds. The van der Waals surface area contributed by atoms with Crippen LogP contribution in [-0.2, 0) is 14.3 Å². The molecule has 0 unspecified atom stereocenters. The summed E-state index contributed by atoms with van der Waals surface area (Å²) in [6, 6.07) is 0. The molecular weight excluding hydrogens is 192 g/mol. The summed E-state index contributed by atoms with van der Waals surface area (Å²) in [6.07, 6.45) is 3.10. The van der Waals surface area contributed by atoms with Crippen LogP contribution in [0.5, 0.6) is 0 Å². The van der Waals surface area contributed by atoms with E-state index in [1.807, 2.05) is 20.8 Å². The van der Waals surface area contributed by atoms with Gasteiger partial charge in [0.05, 0.1) is 5.41 Å². The first-order valence-corrected chi connectivity index (χ1v) is 5.13. The number of rotatable bonds is 1. The van der Waals surface area contributed by atoms with Gasteiger partial charge < -0.3 is 4.74 Å². The van der Waals surface area contributed by atoms with Crippen molar-refractivity contribution < 1.29 is 14.3 Å². The molecule has 1 saturated heterocycles. The summed E-state index contributed by atoms with van der Waals surface area (Å²) in [7, 11) is 0. The van der Waals surface area contributed by atoms with Crippen LogP contribution in [0.4, 0.5) is 0 Å². The van der Waals surface area contributed by atoms with E-state index in [4.69, 9.17) is 4.74 Å². The Morgan fingerprint density at radius 2 is 1.73 bits per heavy atom. The highest BCUT2D eigenvalue weighted by atomic mass is 16.5. The van der Waals surface area contributed by atoms with Crippen LogP contribution >= 0.6 is 0 Å². The van der Waals surface area contributed by atoms with Crippen LogP contribution in [0.3, 0.4) is 0 Å². The maximum atomic E-state index is 12.1. The number of esters is 1. The summed E-state index contributed by atoms with van der Waals surface area (Å²) in [5.74, 6) is -0.496. The van der Waals surface area contributed by atoms with Gasteiger partial charge in [0.2, 0.25) is 0 Å². The van der Waals surface area contributed by atoms with Crippen LogP contribution in [0.2, 0.25) is 0 Å². The van der Waals surface area contributed by atoms with E-state index in [2.05, 4.69) is 0 Å². The lowest BCUT2D eigenvalue weighted by atomic mass is 9.68. The van der Waals surface area contributed by atoms with E-state index < -0.39 is 22.9 Å². The molecule has 3 heteroatoms. The zero-order valence-electron chi connectivity index (χ0n) is 9.96. The maximum absolute atomic E-state index is 12.1. The van der Waals surface area contributed by atoms with E-state index >= 15 is 0 Å². The molecule has 3 nitrogen and oxygen atoms in total. The first-order chi connectivity index (χ1) is 6.74. The number of carbonyl (C=O) groups excluding carboxylic acids is 2. The summed E-state index contributed by atoms with van der Waals surface area (Å²) in [5, 5.41) is 0. The first kappa shape index (κ1) is 12.0. The van der Waals surface area contributed by atoms with Crippen LogP contribution in [-0.4, -0.2) is 17.9 Å². The van der Waals surface area contributed by atoms with Crippen LogP contribution in [0.1, 0.15) is 34.6 Å². The van der Waals surface area contributed by atoms with Crippen molar-refractivity contribution in [3.63, 3.8) is 0 Å². The van der Waals surface area contributed by atoms with Crippen molar-refractivity contribution in [2.75, 3.05) is 0 Å². The number of cyclic esters (lactones) is 1. The Hall–Kier alpha value is -1.12. The Morgan fingerprint density at radius 1 is 1.20 bits per heavy atom. The number of ketones is 1. The molecule has 1 atom stereocenters. The number of Topliss-reactive ketones (excluding diaryl/α,β-unsaturated/α-hetero) is 1. The van der Waals surface area contributed by atoms with Crippen molar-refractivity contribution in [2.24, 2.45) is 10.8 Å². The van der Waals surface area contributed by atoms with Gasteiger partial charge in [0.1, 0.15) is 11.5 Å². The van der Waals surface area contributed by atoms with Crippen LogP contribution in [0.15, 0.2) is 12.2 Å². The lowest BCUT2D eigenvalue weighted by Gasteiger charge is -2.41. The normalized spacial score (nSPS) is 29.3. The van der Waals surface area contributed by atoms with Gasteiger partial charge in [0.15, 0.2) is 5.78 Å². The van der Waals surface area contributed by atoms with Crippen molar-refractivity contribution in [3.8, 4) is 0 Å². The molecular formula is C12H18O3. The maximum Gasteiger partial charge on any atom is 0.319 e. The Kier molecular flexibility index (Phi) is 2.77. The van der Waals surface area contributed by atoms with Crippen molar-refractivity contribution in [3.05, 3.63) is 12.2 Å². The lowest BCUT2D eigenvalue weighted by Crippen LogP contribution is -2.55. The summed E-state index contributed by atoms with van der Waals surface area (Å²) in [6.45, 7) is 8.70. The number of hydrogen-bond donors (Lipinski definition) is 0. The molecule has 0 radical (unpaired) electrons. The second kappa shape index (κ2) is 3.47. The van der Waals surface area contributed by atoms with Gasteiger partial charge in [0.25, 0.3) is 0 Å². The van der Waals surface area contributed by atoms with Gasteiger partial charge >= 0.3 is 5.97 Å². The highest BCUT2D eigenvalue weighted by Gasteiger charge is 2.54. The van der Waals surface area contributed by atoms with Crippen molar-refractivity contribution in [1.82, 2.24) is 0 Å². The smallest absolute Gasteiger partial charge is 0.319 e. The molecule has 0 aromatic heterocycles. The molecule has 1 rings (SSSR count). The average Bonchev–Trinajstić information content (AvgIpc) is 2.13. The molecule has 15 heavy (non-hydrogen) atoms. The molecule has 0 aliphatic carbocycles. The SMILES string of the molecule is C/C=C\[C@H]1OC(=O)C(C)(C)C(=O)C1(C)C. The average molecular weight is 210 g/mol. The zero-order chi connectivity index (χ0) is 11.9. The summed E-state index contributed by atoms with van der Waals surface area (Å²) in [4.78, 5) is 23.8. The van der Waals surface area contributed by atoms with Gasteiger partial charge in [-0.15, -0.1) is 0 Å². The van der Waals surface area contributed by atoms with Gasteiger partial charge in [-0.3, -0.25) is 9.59 Å². The second-order valence-electron chi connectivity index (χ2n) is 5.03. The van der Waals surface area contributed by atoms with E-state index in [1.54, 1.807) is 26.0 Å². The number of carbonyl (C=O) groups is 2. The predicted molar refractivity (Wildman–Crippen MR) is 57.3 cm³/mol. The third-order valence-corrected chi connectivity index (χ3v) is 2.98. The number of allylic oxidation sites excluding steroid dienone is 1. The molecule has 0 spiro atoms. The molecule has 0 bridgehead atoms. The second-order valence-corrected chi connectivity index (χ2v) is 5.03. The third-order valence-electron chi connectivity index (χ3n) is 2.98. The quantitative estimate of drug-likeness (QED) is 0.378. The fraction of sp³-hybridized carbons (Fsp3) is 0.667. The standard InChI is InChI=1S/C12H18O3/c1-6-7-8-11(2,3)9(13)12(4,5)10(14)15-8/h6-8H,1-5H3/b7-6-/t8-/m1/s1. The Balaban J connectivity index is 3.13. The van der Waals surface area contributed by atoms with Gasteiger partial charge in [-0.05, 0) is 40.7 Å². The van der Waals surface area contributed by atoms with E-state index in [1.165, 1.54) is 0 Å². The van der Waals surface area contributed by atoms with Crippen LogP contribution in [0.25, 0.3) is 0 Å². The monoisotopic (exact) mass is 210 g/mol. The Labute approximate surface area is 90.5 Å². The minimum Gasteiger partial charge on any atom is -0.456 e. The van der Waals surface area contributed by atoms with Crippen molar-refractivity contribution in [1.29, 1.82) is 0 Å². The summed E-state index contributed by atoms with van der Waals surface area (Å²) >= 11 is 0. The van der Waals surface area contributed by atoms with Crippen molar-refractivity contribution in [2.45, 2.75) is 40.7 Å². The summed E-state index contributed by atoms with van der Waals surface area (Å²) in [5.41, 5.74) is -1.68. The lowest BCUT2D eigenvalue weighted by molar-refractivity contribution is -0.181. The molecule has 1 fully saturated rings. The van der Waals surface area contributed by atoms with E-state index in [0.717, 1.165) is 0 Å². The third kappa shape index (κ3) is 1.71. The van der Waals surface area contributed by atoms with Gasteiger partial charge in [-0.25, -0.2) is 0 Å². The zero-order valence-corrected chi connectivity index (χ0v) is 9.96. The topological polar surface area (TPSA) is 43.4 Å². The highest BCUT2D eigenvalue weighted by molar-refractivity contribution is 6.07. The van der Waals surface area contributed by atoms with Gasteiger partial charge in [0, 0.05) is 0 Å². The molecule has 84 valence electrons. The molecule has 0 aromatic rings. The van der Waals surface area contributed by atoms with Gasteiger partial charge in [-0.1, -0.05) is 6.08 Å². The minimum absolute atomic E-state index is 0.0608. The molecule has 0 N–H and O–H groups in total. The van der Waals surface area contributed by atoms with Crippen molar-refractivity contribution >= 4 is 11.8 Å². The fourth-order valence-corrected chi connectivity index (χ4v) is 1.89. The highest BCUT2D eigenvalue weighted by Crippen LogP contribution is 2.40. The Bertz CT molecular complexity index is 324. The molecule has 0 saturated carbocycles.